The van der Waals surface area contributed by atoms with Crippen molar-refractivity contribution in [3.05, 3.63) is 65.6 Å². The molecular formula is C20H21N5O. The summed E-state index contributed by atoms with van der Waals surface area (Å²) in [6, 6.07) is 11.8. The molecule has 2 aromatic heterocycles. The Morgan fingerprint density at radius 3 is 2.77 bits per heavy atom. The van der Waals surface area contributed by atoms with E-state index in [0.29, 0.717) is 18.8 Å². The molecule has 1 aliphatic heterocycles. The standard InChI is InChI=1S/C20H21N5O/c1-14(26)24-10-7-19-18(13-24)20(16-3-2-4-17(21)11-16)23-25(19)12-15-5-8-22-9-6-15/h2-6,8-9,11H,7,10,12-13,21H2,1H3. The molecular weight excluding hydrogens is 326 g/mol. The summed E-state index contributed by atoms with van der Waals surface area (Å²) in [7, 11) is 0. The minimum atomic E-state index is 0.0936. The predicted octanol–water partition coefficient (Wildman–Crippen LogP) is 2.48. The number of nitrogens with two attached hydrogens (primary N) is 1. The highest BCUT2D eigenvalue weighted by atomic mass is 16.2. The molecule has 0 radical (unpaired) electrons. The van der Waals surface area contributed by atoms with Gasteiger partial charge in [-0.15, -0.1) is 0 Å². The van der Waals surface area contributed by atoms with Crippen molar-refractivity contribution >= 4 is 11.6 Å². The molecule has 0 saturated carbocycles. The number of hydrogen-bond acceptors (Lipinski definition) is 4. The van der Waals surface area contributed by atoms with E-state index < -0.39 is 0 Å². The first-order valence-corrected chi connectivity index (χ1v) is 8.70. The van der Waals surface area contributed by atoms with Crippen molar-refractivity contribution in [2.45, 2.75) is 26.4 Å². The van der Waals surface area contributed by atoms with Crippen molar-refractivity contribution in [2.75, 3.05) is 12.3 Å². The van der Waals surface area contributed by atoms with E-state index in [9.17, 15) is 4.79 Å². The van der Waals surface area contributed by atoms with Crippen LogP contribution in [0.2, 0.25) is 0 Å². The van der Waals surface area contributed by atoms with Crippen LogP contribution in [0.1, 0.15) is 23.7 Å². The normalized spacial score (nSPS) is 13.5. The van der Waals surface area contributed by atoms with Crippen LogP contribution < -0.4 is 5.73 Å². The van der Waals surface area contributed by atoms with Crippen LogP contribution in [-0.2, 0) is 24.3 Å². The van der Waals surface area contributed by atoms with Crippen molar-refractivity contribution in [3.63, 3.8) is 0 Å². The van der Waals surface area contributed by atoms with Crippen LogP contribution in [0.5, 0.6) is 0 Å². The van der Waals surface area contributed by atoms with E-state index in [2.05, 4.69) is 9.67 Å². The molecule has 6 heteroatoms. The van der Waals surface area contributed by atoms with Gasteiger partial charge in [0.25, 0.3) is 0 Å². The highest BCUT2D eigenvalue weighted by Gasteiger charge is 2.26. The van der Waals surface area contributed by atoms with E-state index in [1.165, 1.54) is 5.69 Å². The average molecular weight is 347 g/mol. The number of amides is 1. The van der Waals surface area contributed by atoms with Crippen LogP contribution in [0, 0.1) is 0 Å². The first kappa shape index (κ1) is 16.3. The Hall–Kier alpha value is -3.15. The summed E-state index contributed by atoms with van der Waals surface area (Å²) in [6.45, 7) is 3.62. The average Bonchev–Trinajstić information content (AvgIpc) is 3.00. The van der Waals surface area contributed by atoms with E-state index in [0.717, 1.165) is 35.3 Å². The van der Waals surface area contributed by atoms with Gasteiger partial charge in [-0.1, -0.05) is 12.1 Å². The van der Waals surface area contributed by atoms with Crippen LogP contribution in [-0.4, -0.2) is 32.1 Å². The number of nitrogen functional groups attached to an aromatic ring is 1. The number of nitrogens with zero attached hydrogens (tertiary/aromatic N) is 4. The Morgan fingerprint density at radius 2 is 2.04 bits per heavy atom. The third kappa shape index (κ3) is 3.06. The van der Waals surface area contributed by atoms with Crippen molar-refractivity contribution < 1.29 is 4.79 Å². The van der Waals surface area contributed by atoms with Gasteiger partial charge in [-0.05, 0) is 29.8 Å². The van der Waals surface area contributed by atoms with Crippen LogP contribution in [0.3, 0.4) is 0 Å². The Kier molecular flexibility index (Phi) is 4.16. The molecule has 0 aliphatic carbocycles. The van der Waals surface area contributed by atoms with Gasteiger partial charge in [-0.3, -0.25) is 14.5 Å². The molecule has 1 amide bonds. The number of anilines is 1. The molecule has 3 heterocycles. The van der Waals surface area contributed by atoms with Gasteiger partial charge in [-0.2, -0.15) is 5.10 Å². The maximum absolute atomic E-state index is 11.9. The lowest BCUT2D eigenvalue weighted by Gasteiger charge is -2.27. The van der Waals surface area contributed by atoms with Gasteiger partial charge in [0.1, 0.15) is 0 Å². The van der Waals surface area contributed by atoms with Crippen molar-refractivity contribution in [2.24, 2.45) is 0 Å². The summed E-state index contributed by atoms with van der Waals surface area (Å²) in [5, 5.41) is 4.89. The van der Waals surface area contributed by atoms with Crippen LogP contribution in [0.25, 0.3) is 11.3 Å². The van der Waals surface area contributed by atoms with E-state index in [-0.39, 0.29) is 5.91 Å². The number of hydrogen-bond donors (Lipinski definition) is 1. The molecule has 26 heavy (non-hydrogen) atoms. The number of fused-ring (bicyclic) bond motifs is 1. The summed E-state index contributed by atoms with van der Waals surface area (Å²) in [4.78, 5) is 17.8. The highest BCUT2D eigenvalue weighted by Crippen LogP contribution is 2.31. The van der Waals surface area contributed by atoms with Crippen LogP contribution in [0.15, 0.2) is 48.8 Å². The lowest BCUT2D eigenvalue weighted by Crippen LogP contribution is -2.34. The number of carbonyl (C=O) groups excluding carboxylic acids is 1. The molecule has 0 spiro atoms. The van der Waals surface area contributed by atoms with E-state index in [4.69, 9.17) is 10.8 Å². The first-order chi connectivity index (χ1) is 12.6. The largest absolute Gasteiger partial charge is 0.399 e. The number of rotatable bonds is 3. The minimum Gasteiger partial charge on any atom is -0.399 e. The zero-order chi connectivity index (χ0) is 18.1. The first-order valence-electron chi connectivity index (χ1n) is 8.70. The van der Waals surface area contributed by atoms with Crippen LogP contribution >= 0.6 is 0 Å². The Balaban J connectivity index is 1.79. The Morgan fingerprint density at radius 1 is 1.23 bits per heavy atom. The second-order valence-corrected chi connectivity index (χ2v) is 6.60. The molecule has 2 N–H and O–H groups in total. The zero-order valence-electron chi connectivity index (χ0n) is 14.7. The van der Waals surface area contributed by atoms with Gasteiger partial charge >= 0.3 is 0 Å². The fraction of sp³-hybridized carbons (Fsp3) is 0.250. The second-order valence-electron chi connectivity index (χ2n) is 6.60. The fourth-order valence-corrected chi connectivity index (χ4v) is 3.47. The molecule has 0 fully saturated rings. The summed E-state index contributed by atoms with van der Waals surface area (Å²) in [5.41, 5.74) is 12.0. The van der Waals surface area contributed by atoms with Crippen LogP contribution in [0.4, 0.5) is 5.69 Å². The van der Waals surface area contributed by atoms with Gasteiger partial charge < -0.3 is 10.6 Å². The lowest BCUT2D eigenvalue weighted by atomic mass is 10.0. The van der Waals surface area contributed by atoms with E-state index in [1.54, 1.807) is 19.3 Å². The second kappa shape index (κ2) is 6.63. The lowest BCUT2D eigenvalue weighted by molar-refractivity contribution is -0.129. The number of benzene rings is 1. The zero-order valence-corrected chi connectivity index (χ0v) is 14.7. The van der Waals surface area contributed by atoms with Crippen molar-refractivity contribution in [1.82, 2.24) is 19.7 Å². The van der Waals surface area contributed by atoms with Gasteiger partial charge in [0, 0.05) is 61.3 Å². The van der Waals surface area contributed by atoms with E-state index in [1.807, 2.05) is 41.3 Å². The number of carbonyl (C=O) groups is 1. The summed E-state index contributed by atoms with van der Waals surface area (Å²) < 4.78 is 2.06. The third-order valence-electron chi connectivity index (χ3n) is 4.82. The Labute approximate surface area is 152 Å². The molecule has 6 nitrogen and oxygen atoms in total. The summed E-state index contributed by atoms with van der Waals surface area (Å²) in [5.74, 6) is 0.0936. The summed E-state index contributed by atoms with van der Waals surface area (Å²) >= 11 is 0. The summed E-state index contributed by atoms with van der Waals surface area (Å²) in [6.07, 6.45) is 4.39. The van der Waals surface area contributed by atoms with Gasteiger partial charge in [-0.25, -0.2) is 0 Å². The smallest absolute Gasteiger partial charge is 0.219 e. The molecule has 132 valence electrons. The topological polar surface area (TPSA) is 77.0 Å². The third-order valence-corrected chi connectivity index (χ3v) is 4.82. The predicted molar refractivity (Wildman–Crippen MR) is 100 cm³/mol. The monoisotopic (exact) mass is 347 g/mol. The number of aromatic nitrogens is 3. The number of pyridine rings is 1. The molecule has 1 aromatic carbocycles. The maximum atomic E-state index is 11.9. The van der Waals surface area contributed by atoms with Gasteiger partial charge in [0.05, 0.1) is 12.2 Å². The molecule has 1 aliphatic rings. The Bertz CT molecular complexity index is 948. The molecule has 0 atom stereocenters. The van der Waals surface area contributed by atoms with Gasteiger partial charge in [0.15, 0.2) is 0 Å². The minimum absolute atomic E-state index is 0.0936. The van der Waals surface area contributed by atoms with E-state index >= 15 is 0 Å². The highest BCUT2D eigenvalue weighted by molar-refractivity contribution is 5.75. The molecule has 3 aromatic rings. The quantitative estimate of drug-likeness (QED) is 0.739. The molecule has 0 unspecified atom stereocenters. The molecule has 4 rings (SSSR count). The maximum Gasteiger partial charge on any atom is 0.219 e. The molecule has 0 saturated heterocycles. The molecule has 0 bridgehead atoms. The fourth-order valence-electron chi connectivity index (χ4n) is 3.47. The van der Waals surface area contributed by atoms with Crippen molar-refractivity contribution in [1.29, 1.82) is 0 Å². The van der Waals surface area contributed by atoms with Gasteiger partial charge in [0.2, 0.25) is 5.91 Å². The SMILES string of the molecule is CC(=O)N1CCc2c(c(-c3cccc(N)c3)nn2Cc2ccncc2)C1. The van der Waals surface area contributed by atoms with Crippen molar-refractivity contribution in [3.8, 4) is 11.3 Å².